The second-order valence-corrected chi connectivity index (χ2v) is 23.6. The summed E-state index contributed by atoms with van der Waals surface area (Å²) in [5.41, 5.74) is 0. The minimum atomic E-state index is -0.756. The lowest BCUT2D eigenvalue weighted by atomic mass is 10.0. The van der Waals surface area contributed by atoms with Crippen molar-refractivity contribution < 1.29 is 0 Å². The van der Waals surface area contributed by atoms with Crippen LogP contribution in [-0.4, -0.2) is 24.6 Å². The smallest absolute Gasteiger partial charge is 0.0594 e. The van der Waals surface area contributed by atoms with Gasteiger partial charge in [0.1, 0.15) is 0 Å². The molecule has 0 amide bonds. The van der Waals surface area contributed by atoms with Crippen LogP contribution in [0.1, 0.15) is 323 Å². The van der Waals surface area contributed by atoms with E-state index < -0.39 is 7.26 Å². The van der Waals surface area contributed by atoms with E-state index in [1.54, 1.807) is 43.9 Å². The van der Waals surface area contributed by atoms with Crippen LogP contribution in [0, 0.1) is 0 Å². The van der Waals surface area contributed by atoms with Crippen LogP contribution in [0.15, 0.2) is 0 Å². The summed E-state index contributed by atoms with van der Waals surface area (Å²) in [5.74, 6) is 0. The summed E-state index contributed by atoms with van der Waals surface area (Å²) in [6, 6.07) is 0. The van der Waals surface area contributed by atoms with Crippen molar-refractivity contribution in [1.29, 1.82) is 0 Å². The molecule has 0 unspecified atom stereocenters. The van der Waals surface area contributed by atoms with Gasteiger partial charge in [0.05, 0.1) is 24.6 Å². The summed E-state index contributed by atoms with van der Waals surface area (Å²) in [6.45, 7) is 9.49. The Morgan fingerprint density at radius 3 is 0.436 bits per heavy atom. The van der Waals surface area contributed by atoms with Crippen LogP contribution in [0.2, 0.25) is 0 Å². The first-order valence-electron chi connectivity index (χ1n) is 27.1. The van der Waals surface area contributed by atoms with Crippen molar-refractivity contribution in [1.82, 2.24) is 0 Å². The standard InChI is InChI=1S/C54H112P/c1-5-9-12-15-18-21-24-27-30-33-36-39-42-45-48-52-55(51-8-4,53-49-46-43-40-37-34-31-28-25-22-19-16-13-10-6-2)54-50-47-44-41-38-35-32-29-26-23-20-17-14-11-7-3/h5-54H2,1-4H3/q+1. The van der Waals surface area contributed by atoms with E-state index in [0.29, 0.717) is 0 Å². The van der Waals surface area contributed by atoms with Crippen molar-refractivity contribution in [3.05, 3.63) is 0 Å². The highest BCUT2D eigenvalue weighted by Crippen LogP contribution is 2.61. The van der Waals surface area contributed by atoms with Gasteiger partial charge in [-0.25, -0.2) is 0 Å². The Bertz CT molecular complexity index is 572. The molecule has 0 aromatic carbocycles. The molecular formula is C54H112P+. The van der Waals surface area contributed by atoms with Crippen molar-refractivity contribution in [2.45, 2.75) is 323 Å². The summed E-state index contributed by atoms with van der Waals surface area (Å²) in [4.78, 5) is 0. The van der Waals surface area contributed by atoms with Gasteiger partial charge in [0, 0.05) is 7.26 Å². The Morgan fingerprint density at radius 1 is 0.145 bits per heavy atom. The lowest BCUT2D eigenvalue weighted by Gasteiger charge is -2.28. The minimum Gasteiger partial charge on any atom is -0.0654 e. The molecule has 0 N–H and O–H groups in total. The van der Waals surface area contributed by atoms with Gasteiger partial charge >= 0.3 is 0 Å². The zero-order valence-corrected chi connectivity index (χ0v) is 40.7. The van der Waals surface area contributed by atoms with Crippen molar-refractivity contribution in [2.75, 3.05) is 24.6 Å². The van der Waals surface area contributed by atoms with Gasteiger partial charge in [-0.3, -0.25) is 0 Å². The quantitative estimate of drug-likeness (QED) is 0.0425. The highest BCUT2D eigenvalue weighted by molar-refractivity contribution is 7.75. The zero-order valence-electron chi connectivity index (χ0n) is 39.8. The van der Waals surface area contributed by atoms with Gasteiger partial charge in [-0.05, 0) is 44.9 Å². The van der Waals surface area contributed by atoms with Crippen molar-refractivity contribution >= 4 is 7.26 Å². The molecule has 0 aromatic rings. The molecule has 0 saturated heterocycles. The summed E-state index contributed by atoms with van der Waals surface area (Å²) in [6.07, 6.45) is 75.1. The van der Waals surface area contributed by atoms with E-state index in [4.69, 9.17) is 0 Å². The molecule has 1 heteroatoms. The first kappa shape index (κ1) is 55.4. The molecule has 0 bridgehead atoms. The van der Waals surface area contributed by atoms with Gasteiger partial charge in [0.15, 0.2) is 0 Å². The molecule has 332 valence electrons. The van der Waals surface area contributed by atoms with Gasteiger partial charge in [0.2, 0.25) is 0 Å². The first-order chi connectivity index (χ1) is 27.2. The van der Waals surface area contributed by atoms with Crippen LogP contribution in [0.5, 0.6) is 0 Å². The normalized spacial score (nSPS) is 12.0. The topological polar surface area (TPSA) is 0 Å². The maximum absolute atomic E-state index is 2.51. The Balaban J connectivity index is 4.31. The Labute approximate surface area is 353 Å². The molecule has 0 aliphatic heterocycles. The second-order valence-electron chi connectivity index (χ2n) is 19.1. The van der Waals surface area contributed by atoms with E-state index >= 15 is 0 Å². The number of hydrogen-bond acceptors (Lipinski definition) is 0. The monoisotopic (exact) mass is 792 g/mol. The summed E-state index contributed by atoms with van der Waals surface area (Å²) < 4.78 is 0. The van der Waals surface area contributed by atoms with Crippen LogP contribution in [0.25, 0.3) is 0 Å². The molecule has 0 aromatic heterocycles. The fourth-order valence-electron chi connectivity index (χ4n) is 9.60. The first-order valence-corrected chi connectivity index (χ1v) is 29.6. The lowest BCUT2D eigenvalue weighted by molar-refractivity contribution is 0.533. The van der Waals surface area contributed by atoms with Crippen LogP contribution in [0.4, 0.5) is 0 Å². The fourth-order valence-corrected chi connectivity index (χ4v) is 14.6. The molecule has 55 heavy (non-hydrogen) atoms. The van der Waals surface area contributed by atoms with E-state index in [-0.39, 0.29) is 0 Å². The van der Waals surface area contributed by atoms with E-state index in [0.717, 1.165) is 0 Å². The average Bonchev–Trinajstić information content (AvgIpc) is 3.19. The minimum absolute atomic E-state index is 0.756. The third-order valence-corrected chi connectivity index (χ3v) is 18.6. The largest absolute Gasteiger partial charge is 0.0654 e. The highest BCUT2D eigenvalue weighted by atomic mass is 31.2. The van der Waals surface area contributed by atoms with E-state index in [2.05, 4.69) is 27.7 Å². The van der Waals surface area contributed by atoms with Gasteiger partial charge in [-0.15, -0.1) is 0 Å². The SMILES string of the molecule is CCCCCCCCCCCCCCCCC[P+](CCC)(CCCCCCCCCCCCCCCCC)CCCCCCCCCCCCCCCCC. The molecule has 0 spiro atoms. The van der Waals surface area contributed by atoms with Crippen LogP contribution in [0.3, 0.4) is 0 Å². The average molecular weight is 792 g/mol. The third kappa shape index (κ3) is 43.8. The molecule has 0 nitrogen and oxygen atoms in total. The summed E-state index contributed by atoms with van der Waals surface area (Å²) in [5, 5.41) is 0. The summed E-state index contributed by atoms with van der Waals surface area (Å²) in [7, 11) is -0.756. The predicted molar refractivity (Wildman–Crippen MR) is 261 cm³/mol. The van der Waals surface area contributed by atoms with Gasteiger partial charge in [0.25, 0.3) is 0 Å². The lowest BCUT2D eigenvalue weighted by Crippen LogP contribution is -2.13. The molecule has 0 radical (unpaired) electrons. The maximum atomic E-state index is 2.51. The molecule has 0 heterocycles. The van der Waals surface area contributed by atoms with Gasteiger partial charge < -0.3 is 0 Å². The van der Waals surface area contributed by atoms with Crippen molar-refractivity contribution in [2.24, 2.45) is 0 Å². The summed E-state index contributed by atoms with van der Waals surface area (Å²) >= 11 is 0. The van der Waals surface area contributed by atoms with Crippen LogP contribution in [-0.2, 0) is 0 Å². The Kier molecular flexibility index (Phi) is 49.2. The van der Waals surface area contributed by atoms with Crippen molar-refractivity contribution in [3.8, 4) is 0 Å². The van der Waals surface area contributed by atoms with Gasteiger partial charge in [-0.2, -0.15) is 0 Å². The van der Waals surface area contributed by atoms with Crippen LogP contribution >= 0.6 is 7.26 Å². The molecule has 0 fully saturated rings. The number of unbranched alkanes of at least 4 members (excludes halogenated alkanes) is 42. The molecule has 0 aliphatic rings. The van der Waals surface area contributed by atoms with Crippen LogP contribution < -0.4 is 0 Å². The molecule has 0 aliphatic carbocycles. The van der Waals surface area contributed by atoms with Crippen molar-refractivity contribution in [3.63, 3.8) is 0 Å². The van der Waals surface area contributed by atoms with E-state index in [9.17, 15) is 0 Å². The fraction of sp³-hybridized carbons (Fsp3) is 1.00. The predicted octanol–water partition coefficient (Wildman–Crippen LogP) is 21.0. The number of hydrogen-bond donors (Lipinski definition) is 0. The number of rotatable bonds is 50. The Morgan fingerprint density at radius 2 is 0.291 bits per heavy atom. The molecule has 0 atom stereocenters. The Hall–Kier alpha value is 0.430. The highest BCUT2D eigenvalue weighted by Gasteiger charge is 2.34. The molecule has 0 saturated carbocycles. The molecule has 0 rings (SSSR count). The van der Waals surface area contributed by atoms with E-state index in [1.807, 2.05) is 0 Å². The third-order valence-electron chi connectivity index (χ3n) is 13.4. The van der Waals surface area contributed by atoms with E-state index in [1.165, 1.54) is 276 Å². The maximum Gasteiger partial charge on any atom is 0.0594 e. The van der Waals surface area contributed by atoms with Gasteiger partial charge in [-0.1, -0.05) is 278 Å². The second kappa shape index (κ2) is 48.8. The zero-order chi connectivity index (χ0) is 39.9. The molecular weight excluding hydrogens is 680 g/mol.